The zero-order valence-corrected chi connectivity index (χ0v) is 13.1. The van der Waals surface area contributed by atoms with Gasteiger partial charge in [0.1, 0.15) is 6.29 Å². The lowest BCUT2D eigenvalue weighted by Crippen LogP contribution is -2.35. The maximum atomic E-state index is 10.9. The van der Waals surface area contributed by atoms with E-state index in [0.717, 1.165) is 42.3 Å². The second-order valence-corrected chi connectivity index (χ2v) is 6.21. The lowest BCUT2D eigenvalue weighted by molar-refractivity contribution is -0.112. The van der Waals surface area contributed by atoms with Gasteiger partial charge in [0, 0.05) is 22.5 Å². The van der Waals surface area contributed by atoms with Gasteiger partial charge in [-0.3, -0.25) is 4.90 Å². The summed E-state index contributed by atoms with van der Waals surface area (Å²) in [6.07, 6.45) is 3.07. The number of carbonyl (C=O) groups is 1. The van der Waals surface area contributed by atoms with Gasteiger partial charge >= 0.3 is 0 Å². The van der Waals surface area contributed by atoms with Gasteiger partial charge in [0.15, 0.2) is 0 Å². The van der Waals surface area contributed by atoms with E-state index in [1.807, 2.05) is 24.3 Å². The molecular formula is C15H16BrN3O2. The molecule has 0 radical (unpaired) electrons. The number of hydrogen-bond donors (Lipinski definition) is 0. The van der Waals surface area contributed by atoms with Crippen LogP contribution in [0, 0.1) is 5.92 Å². The first-order chi connectivity index (χ1) is 10.2. The fraction of sp³-hybridized carbons (Fsp3) is 0.400. The number of hydrogen-bond acceptors (Lipinski definition) is 5. The summed E-state index contributed by atoms with van der Waals surface area (Å²) < 4.78 is 6.31. The van der Waals surface area contributed by atoms with E-state index in [0.29, 0.717) is 18.3 Å². The molecule has 1 aliphatic heterocycles. The predicted molar refractivity (Wildman–Crippen MR) is 81.5 cm³/mol. The van der Waals surface area contributed by atoms with Crippen molar-refractivity contribution in [3.63, 3.8) is 0 Å². The van der Waals surface area contributed by atoms with Crippen LogP contribution in [0.4, 0.5) is 0 Å². The van der Waals surface area contributed by atoms with Gasteiger partial charge in [-0.25, -0.2) is 0 Å². The normalized spacial score (nSPS) is 19.6. The second-order valence-electron chi connectivity index (χ2n) is 5.30. The van der Waals surface area contributed by atoms with Crippen LogP contribution >= 0.6 is 15.9 Å². The molecule has 1 aromatic heterocycles. The van der Waals surface area contributed by atoms with Gasteiger partial charge in [-0.1, -0.05) is 33.2 Å². The molecule has 1 aromatic carbocycles. The zero-order chi connectivity index (χ0) is 14.7. The zero-order valence-electron chi connectivity index (χ0n) is 11.5. The number of rotatable bonds is 4. The molecule has 6 heteroatoms. The van der Waals surface area contributed by atoms with Gasteiger partial charge in [-0.05, 0) is 31.5 Å². The SMILES string of the molecule is O=CC1CCCN(Cc2nc(-c3cccc(Br)c3)no2)C1. The van der Waals surface area contributed by atoms with Crippen molar-refractivity contribution < 1.29 is 9.32 Å². The number of benzene rings is 1. The highest BCUT2D eigenvalue weighted by Gasteiger charge is 2.21. The molecule has 0 N–H and O–H groups in total. The Morgan fingerprint density at radius 2 is 2.38 bits per heavy atom. The minimum atomic E-state index is 0.131. The van der Waals surface area contributed by atoms with Crippen LogP contribution in [-0.4, -0.2) is 34.4 Å². The Labute approximate surface area is 131 Å². The number of carbonyl (C=O) groups excluding carboxylic acids is 1. The van der Waals surface area contributed by atoms with Gasteiger partial charge in [0.2, 0.25) is 11.7 Å². The van der Waals surface area contributed by atoms with E-state index in [4.69, 9.17) is 4.52 Å². The van der Waals surface area contributed by atoms with Crippen molar-refractivity contribution in [2.24, 2.45) is 5.92 Å². The first kappa shape index (κ1) is 14.4. The first-order valence-electron chi connectivity index (χ1n) is 7.01. The van der Waals surface area contributed by atoms with Gasteiger partial charge in [0.05, 0.1) is 6.54 Å². The average Bonchev–Trinajstić information content (AvgIpc) is 2.96. The molecule has 21 heavy (non-hydrogen) atoms. The van der Waals surface area contributed by atoms with E-state index in [1.54, 1.807) is 0 Å². The smallest absolute Gasteiger partial charge is 0.241 e. The summed E-state index contributed by atoms with van der Waals surface area (Å²) >= 11 is 3.43. The largest absolute Gasteiger partial charge is 0.338 e. The number of aromatic nitrogens is 2. The van der Waals surface area contributed by atoms with E-state index in [9.17, 15) is 4.79 Å². The van der Waals surface area contributed by atoms with Crippen LogP contribution in [0.1, 0.15) is 18.7 Å². The Morgan fingerprint density at radius 1 is 1.48 bits per heavy atom. The molecule has 1 saturated heterocycles. The quantitative estimate of drug-likeness (QED) is 0.794. The van der Waals surface area contributed by atoms with Crippen LogP contribution in [0.3, 0.4) is 0 Å². The Morgan fingerprint density at radius 3 is 3.19 bits per heavy atom. The van der Waals surface area contributed by atoms with Crippen LogP contribution in [0.5, 0.6) is 0 Å². The Kier molecular flexibility index (Phi) is 4.45. The number of halogens is 1. The van der Waals surface area contributed by atoms with E-state index >= 15 is 0 Å². The van der Waals surface area contributed by atoms with Crippen LogP contribution in [0.2, 0.25) is 0 Å². The minimum Gasteiger partial charge on any atom is -0.338 e. The lowest BCUT2D eigenvalue weighted by Gasteiger charge is -2.28. The average molecular weight is 350 g/mol. The van der Waals surface area contributed by atoms with Crippen molar-refractivity contribution in [1.29, 1.82) is 0 Å². The highest BCUT2D eigenvalue weighted by molar-refractivity contribution is 9.10. The number of likely N-dealkylation sites (tertiary alicyclic amines) is 1. The third kappa shape index (κ3) is 3.57. The summed E-state index contributed by atoms with van der Waals surface area (Å²) in [7, 11) is 0. The standard InChI is InChI=1S/C15H16BrN3O2/c16-13-5-1-4-12(7-13)15-17-14(21-18-15)9-19-6-2-3-11(8-19)10-20/h1,4-5,7,10-11H,2-3,6,8-9H2. The second kappa shape index (κ2) is 6.49. The Balaban J connectivity index is 1.69. The molecule has 2 heterocycles. The van der Waals surface area contributed by atoms with Crippen LogP contribution in [0.15, 0.2) is 33.3 Å². The summed E-state index contributed by atoms with van der Waals surface area (Å²) in [4.78, 5) is 17.5. The molecule has 1 aliphatic rings. The maximum Gasteiger partial charge on any atom is 0.241 e. The Hall–Kier alpha value is -1.53. The summed E-state index contributed by atoms with van der Waals surface area (Å²) in [5.74, 6) is 1.32. The maximum absolute atomic E-state index is 10.9. The molecule has 1 fully saturated rings. The van der Waals surface area contributed by atoms with Crippen molar-refractivity contribution in [3.8, 4) is 11.4 Å². The predicted octanol–water partition coefficient (Wildman–Crippen LogP) is 2.91. The molecule has 1 unspecified atom stereocenters. The highest BCUT2D eigenvalue weighted by atomic mass is 79.9. The fourth-order valence-corrected chi connectivity index (χ4v) is 3.00. The molecule has 5 nitrogen and oxygen atoms in total. The van der Waals surface area contributed by atoms with Crippen molar-refractivity contribution in [2.45, 2.75) is 19.4 Å². The number of aldehydes is 1. The highest BCUT2D eigenvalue weighted by Crippen LogP contribution is 2.21. The van der Waals surface area contributed by atoms with Gasteiger partial charge in [-0.2, -0.15) is 4.98 Å². The summed E-state index contributed by atoms with van der Waals surface area (Å²) in [6.45, 7) is 2.35. The molecule has 2 aromatic rings. The fourth-order valence-electron chi connectivity index (χ4n) is 2.60. The number of piperidine rings is 1. The van der Waals surface area contributed by atoms with Crippen LogP contribution < -0.4 is 0 Å². The summed E-state index contributed by atoms with van der Waals surface area (Å²) in [6, 6.07) is 7.80. The van der Waals surface area contributed by atoms with E-state index < -0.39 is 0 Å². The van der Waals surface area contributed by atoms with Gasteiger partial charge in [-0.15, -0.1) is 0 Å². The first-order valence-corrected chi connectivity index (χ1v) is 7.80. The number of nitrogens with zero attached hydrogens (tertiary/aromatic N) is 3. The van der Waals surface area contributed by atoms with Crippen molar-refractivity contribution in [3.05, 3.63) is 34.6 Å². The van der Waals surface area contributed by atoms with Crippen LogP contribution in [-0.2, 0) is 11.3 Å². The van der Waals surface area contributed by atoms with Crippen LogP contribution in [0.25, 0.3) is 11.4 Å². The van der Waals surface area contributed by atoms with E-state index in [2.05, 4.69) is 31.0 Å². The minimum absolute atomic E-state index is 0.131. The summed E-state index contributed by atoms with van der Waals surface area (Å²) in [5.41, 5.74) is 0.920. The van der Waals surface area contributed by atoms with E-state index in [1.165, 1.54) is 0 Å². The molecule has 0 amide bonds. The van der Waals surface area contributed by atoms with Gasteiger partial charge in [0.25, 0.3) is 0 Å². The van der Waals surface area contributed by atoms with Gasteiger partial charge < -0.3 is 9.32 Å². The molecule has 0 aliphatic carbocycles. The molecule has 0 saturated carbocycles. The third-order valence-electron chi connectivity index (χ3n) is 3.64. The molecule has 3 rings (SSSR count). The molecular weight excluding hydrogens is 334 g/mol. The lowest BCUT2D eigenvalue weighted by atomic mass is 10.00. The molecule has 0 bridgehead atoms. The van der Waals surface area contributed by atoms with E-state index in [-0.39, 0.29) is 5.92 Å². The van der Waals surface area contributed by atoms with Crippen molar-refractivity contribution in [1.82, 2.24) is 15.0 Å². The summed E-state index contributed by atoms with van der Waals surface area (Å²) in [5, 5.41) is 4.03. The third-order valence-corrected chi connectivity index (χ3v) is 4.14. The monoisotopic (exact) mass is 349 g/mol. The van der Waals surface area contributed by atoms with Crippen molar-refractivity contribution >= 4 is 22.2 Å². The topological polar surface area (TPSA) is 59.2 Å². The molecule has 0 spiro atoms. The van der Waals surface area contributed by atoms with Crippen molar-refractivity contribution in [2.75, 3.05) is 13.1 Å². The molecule has 110 valence electrons. The molecule has 1 atom stereocenters. The Bertz CT molecular complexity index is 629.